The molecule has 0 aliphatic heterocycles. The SMILES string of the molecule is CCCCOCCN(CCC)c1nc(OC)c(N)c(OC)n1. The van der Waals surface area contributed by atoms with Crippen LogP contribution in [-0.4, -0.2) is 50.5 Å². The van der Waals surface area contributed by atoms with E-state index in [9.17, 15) is 0 Å². The van der Waals surface area contributed by atoms with Gasteiger partial charge in [0.25, 0.3) is 0 Å². The third-order valence-corrected chi connectivity index (χ3v) is 3.17. The van der Waals surface area contributed by atoms with Gasteiger partial charge in [0.1, 0.15) is 0 Å². The van der Waals surface area contributed by atoms with Crippen molar-refractivity contribution >= 4 is 11.6 Å². The molecule has 1 aromatic heterocycles. The van der Waals surface area contributed by atoms with Gasteiger partial charge in [-0.25, -0.2) is 0 Å². The van der Waals surface area contributed by atoms with Crippen LogP contribution < -0.4 is 20.1 Å². The summed E-state index contributed by atoms with van der Waals surface area (Å²) in [6.45, 7) is 7.22. The van der Waals surface area contributed by atoms with Crippen LogP contribution in [0.1, 0.15) is 33.1 Å². The molecule has 0 bridgehead atoms. The minimum atomic E-state index is 0.310. The van der Waals surface area contributed by atoms with Gasteiger partial charge in [-0.2, -0.15) is 9.97 Å². The van der Waals surface area contributed by atoms with Crippen molar-refractivity contribution in [2.45, 2.75) is 33.1 Å². The Kier molecular flexibility index (Phi) is 8.35. The molecule has 0 saturated heterocycles. The highest BCUT2D eigenvalue weighted by molar-refractivity contribution is 5.59. The summed E-state index contributed by atoms with van der Waals surface area (Å²) in [6.07, 6.45) is 3.19. The van der Waals surface area contributed by atoms with Gasteiger partial charge in [0.15, 0.2) is 5.69 Å². The molecule has 1 aromatic rings. The molecule has 0 spiro atoms. The maximum absolute atomic E-state index is 5.88. The number of methoxy groups -OCH3 is 2. The summed E-state index contributed by atoms with van der Waals surface area (Å²) in [5.74, 6) is 1.20. The van der Waals surface area contributed by atoms with Gasteiger partial charge in [-0.1, -0.05) is 20.3 Å². The predicted molar refractivity (Wildman–Crippen MR) is 87.8 cm³/mol. The first kappa shape index (κ1) is 18.3. The van der Waals surface area contributed by atoms with Crippen molar-refractivity contribution in [2.24, 2.45) is 0 Å². The van der Waals surface area contributed by atoms with E-state index in [1.165, 1.54) is 14.2 Å². The average Bonchev–Trinajstić information content (AvgIpc) is 2.54. The second-order valence-corrected chi connectivity index (χ2v) is 4.91. The fourth-order valence-corrected chi connectivity index (χ4v) is 1.98. The van der Waals surface area contributed by atoms with Crippen LogP contribution in [0.25, 0.3) is 0 Å². The number of aromatic nitrogens is 2. The summed E-state index contributed by atoms with van der Waals surface area (Å²) in [7, 11) is 3.06. The number of nitrogen functional groups attached to an aromatic ring is 1. The Morgan fingerprint density at radius 1 is 0.955 bits per heavy atom. The molecule has 0 aliphatic carbocycles. The Morgan fingerprint density at radius 3 is 2.09 bits per heavy atom. The van der Waals surface area contributed by atoms with E-state index in [1.807, 2.05) is 0 Å². The highest BCUT2D eigenvalue weighted by Gasteiger charge is 2.17. The maximum atomic E-state index is 5.88. The summed E-state index contributed by atoms with van der Waals surface area (Å²) < 4.78 is 16.0. The molecule has 7 heteroatoms. The second-order valence-electron chi connectivity index (χ2n) is 4.91. The molecule has 1 rings (SSSR count). The van der Waals surface area contributed by atoms with Gasteiger partial charge in [0.05, 0.1) is 20.8 Å². The van der Waals surface area contributed by atoms with Crippen LogP contribution in [0, 0.1) is 0 Å². The van der Waals surface area contributed by atoms with Crippen molar-refractivity contribution in [3.8, 4) is 11.8 Å². The van der Waals surface area contributed by atoms with Crippen molar-refractivity contribution in [2.75, 3.05) is 51.2 Å². The van der Waals surface area contributed by atoms with Gasteiger partial charge >= 0.3 is 0 Å². The lowest BCUT2D eigenvalue weighted by atomic mass is 10.4. The monoisotopic (exact) mass is 312 g/mol. The zero-order valence-corrected chi connectivity index (χ0v) is 14.1. The van der Waals surface area contributed by atoms with E-state index in [-0.39, 0.29) is 0 Å². The van der Waals surface area contributed by atoms with Gasteiger partial charge in [0, 0.05) is 19.7 Å². The Balaban J connectivity index is 2.81. The van der Waals surface area contributed by atoms with E-state index in [0.29, 0.717) is 36.5 Å². The Bertz CT molecular complexity index is 418. The van der Waals surface area contributed by atoms with Gasteiger partial charge in [-0.3, -0.25) is 0 Å². The number of nitrogens with zero attached hydrogens (tertiary/aromatic N) is 3. The van der Waals surface area contributed by atoms with Crippen LogP contribution >= 0.6 is 0 Å². The molecule has 0 atom stereocenters. The second kappa shape index (κ2) is 10.0. The zero-order chi connectivity index (χ0) is 16.4. The summed E-state index contributed by atoms with van der Waals surface area (Å²) in [6, 6.07) is 0. The summed E-state index contributed by atoms with van der Waals surface area (Å²) in [5.41, 5.74) is 6.19. The van der Waals surface area contributed by atoms with E-state index in [2.05, 4.69) is 28.7 Å². The minimum Gasteiger partial charge on any atom is -0.479 e. The number of unbranched alkanes of at least 4 members (excludes halogenated alkanes) is 1. The summed E-state index contributed by atoms with van der Waals surface area (Å²) >= 11 is 0. The van der Waals surface area contributed by atoms with Crippen LogP contribution in [0.15, 0.2) is 0 Å². The van der Waals surface area contributed by atoms with Gasteiger partial charge in [0.2, 0.25) is 17.7 Å². The molecular formula is C15H28N4O3. The molecule has 1 heterocycles. The van der Waals surface area contributed by atoms with E-state index in [4.69, 9.17) is 19.9 Å². The highest BCUT2D eigenvalue weighted by atomic mass is 16.5. The van der Waals surface area contributed by atoms with Crippen LogP contribution in [0.3, 0.4) is 0 Å². The lowest BCUT2D eigenvalue weighted by molar-refractivity contribution is 0.137. The molecule has 0 radical (unpaired) electrons. The molecule has 22 heavy (non-hydrogen) atoms. The van der Waals surface area contributed by atoms with Gasteiger partial charge in [-0.15, -0.1) is 0 Å². The predicted octanol–water partition coefficient (Wildman–Crippen LogP) is 2.11. The Morgan fingerprint density at radius 2 is 1.59 bits per heavy atom. The van der Waals surface area contributed by atoms with Crippen LogP contribution in [-0.2, 0) is 4.74 Å². The number of anilines is 2. The first-order valence-electron chi connectivity index (χ1n) is 7.76. The molecular weight excluding hydrogens is 284 g/mol. The summed E-state index contributed by atoms with van der Waals surface area (Å²) in [4.78, 5) is 10.8. The smallest absolute Gasteiger partial charge is 0.245 e. The Hall–Kier alpha value is -1.76. The number of nitrogens with two attached hydrogens (primary N) is 1. The van der Waals surface area contributed by atoms with Crippen LogP contribution in [0.4, 0.5) is 11.6 Å². The molecule has 126 valence electrons. The van der Waals surface area contributed by atoms with Gasteiger partial charge in [-0.05, 0) is 12.8 Å². The normalized spacial score (nSPS) is 10.5. The standard InChI is InChI=1S/C15H28N4O3/c1-5-7-10-22-11-9-19(8-6-2)15-17-13(20-3)12(16)14(18-15)21-4/h5-11,16H2,1-4H3. The molecule has 2 N–H and O–H groups in total. The average molecular weight is 312 g/mol. The van der Waals surface area contributed by atoms with E-state index < -0.39 is 0 Å². The molecule has 7 nitrogen and oxygen atoms in total. The van der Waals surface area contributed by atoms with E-state index in [0.717, 1.165) is 32.4 Å². The quantitative estimate of drug-likeness (QED) is 0.626. The topological polar surface area (TPSA) is 82.7 Å². The fraction of sp³-hybridized carbons (Fsp3) is 0.733. The maximum Gasteiger partial charge on any atom is 0.245 e. The lowest BCUT2D eigenvalue weighted by Crippen LogP contribution is -2.30. The van der Waals surface area contributed by atoms with Crippen molar-refractivity contribution in [3.63, 3.8) is 0 Å². The largest absolute Gasteiger partial charge is 0.479 e. The molecule has 0 saturated carbocycles. The number of hydrogen-bond donors (Lipinski definition) is 1. The first-order valence-corrected chi connectivity index (χ1v) is 7.76. The molecule has 0 aromatic carbocycles. The molecule has 0 unspecified atom stereocenters. The first-order chi connectivity index (χ1) is 10.7. The Labute approximate surface area is 132 Å². The third kappa shape index (κ3) is 5.22. The van der Waals surface area contributed by atoms with Gasteiger partial charge < -0.3 is 24.8 Å². The number of ether oxygens (including phenoxy) is 3. The lowest BCUT2D eigenvalue weighted by Gasteiger charge is -2.23. The third-order valence-electron chi connectivity index (χ3n) is 3.17. The van der Waals surface area contributed by atoms with Crippen LogP contribution in [0.5, 0.6) is 11.8 Å². The zero-order valence-electron chi connectivity index (χ0n) is 14.1. The number of hydrogen-bond acceptors (Lipinski definition) is 7. The number of rotatable bonds is 11. The molecule has 0 fully saturated rings. The fourth-order valence-electron chi connectivity index (χ4n) is 1.98. The van der Waals surface area contributed by atoms with Crippen molar-refractivity contribution in [1.82, 2.24) is 9.97 Å². The minimum absolute atomic E-state index is 0.310. The highest BCUT2D eigenvalue weighted by Crippen LogP contribution is 2.30. The van der Waals surface area contributed by atoms with E-state index in [1.54, 1.807) is 0 Å². The van der Waals surface area contributed by atoms with Crippen molar-refractivity contribution < 1.29 is 14.2 Å². The van der Waals surface area contributed by atoms with Crippen molar-refractivity contribution in [3.05, 3.63) is 0 Å². The summed E-state index contributed by atoms with van der Waals surface area (Å²) in [5, 5.41) is 0. The van der Waals surface area contributed by atoms with Crippen LogP contribution in [0.2, 0.25) is 0 Å². The van der Waals surface area contributed by atoms with Crippen molar-refractivity contribution in [1.29, 1.82) is 0 Å². The molecule has 0 amide bonds. The van der Waals surface area contributed by atoms with E-state index >= 15 is 0 Å². The molecule has 0 aliphatic rings.